The lowest BCUT2D eigenvalue weighted by Crippen LogP contribution is -2.38. The van der Waals surface area contributed by atoms with Gasteiger partial charge in [0.1, 0.15) is 11.6 Å². The summed E-state index contributed by atoms with van der Waals surface area (Å²) in [5.74, 6) is -0.824. The van der Waals surface area contributed by atoms with Crippen molar-refractivity contribution in [1.82, 2.24) is 4.90 Å². The average molecular weight is 440 g/mol. The highest BCUT2D eigenvalue weighted by atomic mass is 19.1. The summed E-state index contributed by atoms with van der Waals surface area (Å²) in [7, 11) is 0. The van der Waals surface area contributed by atoms with Crippen molar-refractivity contribution in [3.05, 3.63) is 53.8 Å². The normalized spacial score (nSPS) is 13.8. The number of halogens is 1. The minimum absolute atomic E-state index is 0.00350. The van der Waals surface area contributed by atoms with Gasteiger partial charge in [-0.1, -0.05) is 12.1 Å². The van der Waals surface area contributed by atoms with Crippen LogP contribution in [0.1, 0.15) is 12.0 Å². The first-order valence-electron chi connectivity index (χ1n) is 10.3. The maximum Gasteiger partial charge on any atom is 0.262 e. The quantitative estimate of drug-likeness (QED) is 0.621. The number of carbonyl (C=O) groups is 2. The van der Waals surface area contributed by atoms with E-state index in [1.54, 1.807) is 24.3 Å². The van der Waals surface area contributed by atoms with Gasteiger partial charge in [-0.25, -0.2) is 4.39 Å². The van der Waals surface area contributed by atoms with Gasteiger partial charge in [0.05, 0.1) is 31.4 Å². The molecule has 3 rings (SSSR count). The van der Waals surface area contributed by atoms with E-state index in [1.165, 1.54) is 18.2 Å². The van der Waals surface area contributed by atoms with Crippen LogP contribution in [0.4, 0.5) is 15.8 Å². The highest BCUT2D eigenvalue weighted by Crippen LogP contribution is 2.20. The number of hydrogen-bond donors (Lipinski definition) is 2. The molecule has 0 atom stereocenters. The molecular formula is C23H25FN4O4. The van der Waals surface area contributed by atoms with E-state index in [0.717, 1.165) is 18.7 Å². The van der Waals surface area contributed by atoms with Crippen LogP contribution < -0.4 is 15.4 Å². The molecule has 2 aromatic carbocycles. The van der Waals surface area contributed by atoms with Gasteiger partial charge in [0.15, 0.2) is 6.61 Å². The number of nitriles is 1. The largest absolute Gasteiger partial charge is 0.484 e. The Balaban J connectivity index is 1.47. The molecule has 1 heterocycles. The minimum Gasteiger partial charge on any atom is -0.484 e. The van der Waals surface area contributed by atoms with Crippen LogP contribution in [0, 0.1) is 17.1 Å². The van der Waals surface area contributed by atoms with Crippen LogP contribution in [0.2, 0.25) is 0 Å². The first-order valence-corrected chi connectivity index (χ1v) is 10.3. The molecule has 168 valence electrons. The van der Waals surface area contributed by atoms with E-state index in [0.29, 0.717) is 37.6 Å². The molecular weight excluding hydrogens is 415 g/mol. The fraction of sp³-hybridized carbons (Fsp3) is 0.348. The molecule has 0 saturated carbocycles. The molecule has 0 aliphatic carbocycles. The predicted octanol–water partition coefficient (Wildman–Crippen LogP) is 2.57. The third-order valence-electron chi connectivity index (χ3n) is 4.86. The van der Waals surface area contributed by atoms with Gasteiger partial charge in [0.25, 0.3) is 5.91 Å². The Morgan fingerprint density at radius 1 is 1.09 bits per heavy atom. The van der Waals surface area contributed by atoms with Crippen molar-refractivity contribution in [1.29, 1.82) is 5.26 Å². The molecule has 1 saturated heterocycles. The van der Waals surface area contributed by atoms with Crippen LogP contribution in [0.15, 0.2) is 42.5 Å². The van der Waals surface area contributed by atoms with Crippen LogP contribution in [0.25, 0.3) is 0 Å². The topological polar surface area (TPSA) is 104 Å². The number of ether oxygens (including phenoxy) is 2. The van der Waals surface area contributed by atoms with Gasteiger partial charge in [-0.2, -0.15) is 5.26 Å². The molecule has 0 aromatic heterocycles. The minimum atomic E-state index is -0.587. The number of benzene rings is 2. The second-order valence-electron chi connectivity index (χ2n) is 7.26. The lowest BCUT2D eigenvalue weighted by Gasteiger charge is -2.26. The average Bonchev–Trinajstić information content (AvgIpc) is 2.80. The molecule has 32 heavy (non-hydrogen) atoms. The van der Waals surface area contributed by atoms with Gasteiger partial charge in [-0.15, -0.1) is 0 Å². The van der Waals surface area contributed by atoms with Crippen molar-refractivity contribution in [3.63, 3.8) is 0 Å². The molecule has 1 fully saturated rings. The number of carbonyl (C=O) groups excluding carboxylic acids is 2. The third-order valence-corrected chi connectivity index (χ3v) is 4.86. The highest BCUT2D eigenvalue weighted by Gasteiger charge is 2.14. The van der Waals surface area contributed by atoms with Gasteiger partial charge in [0, 0.05) is 31.7 Å². The second kappa shape index (κ2) is 11.8. The Bertz CT molecular complexity index is 969. The molecule has 9 heteroatoms. The Labute approximate surface area is 185 Å². The maximum atomic E-state index is 14.1. The van der Waals surface area contributed by atoms with Gasteiger partial charge in [-0.3, -0.25) is 14.5 Å². The van der Waals surface area contributed by atoms with Crippen molar-refractivity contribution in [2.75, 3.05) is 50.1 Å². The molecule has 1 aliphatic rings. The Kier molecular flexibility index (Phi) is 8.54. The van der Waals surface area contributed by atoms with E-state index in [1.807, 2.05) is 0 Å². The van der Waals surface area contributed by atoms with Crippen LogP contribution in [-0.4, -0.2) is 56.2 Å². The standard InChI is InChI=1S/C23H25FN4O4/c24-20-6-3-18(15-21(20)27-22(29)8-10-28-11-13-31-14-12-28)26-23(30)16-32-19-4-1-17(2-5-19)7-9-25/h1-6,15H,7-8,10-14,16H2,(H,26,30)(H,27,29). The van der Waals surface area contributed by atoms with Crippen LogP contribution in [-0.2, 0) is 20.7 Å². The van der Waals surface area contributed by atoms with Crippen molar-refractivity contribution in [2.45, 2.75) is 12.8 Å². The molecule has 2 aromatic rings. The summed E-state index contributed by atoms with van der Waals surface area (Å²) in [5.41, 5.74) is 1.20. The fourth-order valence-corrected chi connectivity index (χ4v) is 3.14. The van der Waals surface area contributed by atoms with Crippen molar-refractivity contribution in [2.24, 2.45) is 0 Å². The third kappa shape index (κ3) is 7.34. The SMILES string of the molecule is N#CCc1ccc(OCC(=O)Nc2ccc(F)c(NC(=O)CCN3CCOCC3)c2)cc1. The summed E-state index contributed by atoms with van der Waals surface area (Å²) >= 11 is 0. The monoisotopic (exact) mass is 440 g/mol. The van der Waals surface area contributed by atoms with Gasteiger partial charge in [0.2, 0.25) is 5.91 Å². The molecule has 0 unspecified atom stereocenters. The molecule has 0 radical (unpaired) electrons. The van der Waals surface area contributed by atoms with Gasteiger partial charge in [-0.05, 0) is 35.9 Å². The smallest absolute Gasteiger partial charge is 0.262 e. The summed E-state index contributed by atoms with van der Waals surface area (Å²) in [6.07, 6.45) is 0.536. The number of anilines is 2. The first-order chi connectivity index (χ1) is 15.5. The fourth-order valence-electron chi connectivity index (χ4n) is 3.14. The van der Waals surface area contributed by atoms with E-state index >= 15 is 0 Å². The zero-order valence-electron chi connectivity index (χ0n) is 17.6. The van der Waals surface area contributed by atoms with E-state index in [2.05, 4.69) is 21.6 Å². The molecule has 0 bridgehead atoms. The van der Waals surface area contributed by atoms with Gasteiger partial charge >= 0.3 is 0 Å². The number of morpholine rings is 1. The molecule has 8 nitrogen and oxygen atoms in total. The second-order valence-corrected chi connectivity index (χ2v) is 7.26. The predicted molar refractivity (Wildman–Crippen MR) is 117 cm³/mol. The Morgan fingerprint density at radius 2 is 1.84 bits per heavy atom. The molecule has 1 aliphatic heterocycles. The maximum absolute atomic E-state index is 14.1. The number of amides is 2. The summed E-state index contributed by atoms with van der Waals surface area (Å²) in [4.78, 5) is 26.5. The first kappa shape index (κ1) is 23.2. The highest BCUT2D eigenvalue weighted by molar-refractivity contribution is 5.94. The summed E-state index contributed by atoms with van der Waals surface area (Å²) < 4.78 is 24.8. The molecule has 0 spiro atoms. The number of hydrogen-bond acceptors (Lipinski definition) is 6. The number of rotatable bonds is 9. The van der Waals surface area contributed by atoms with Gasteiger partial charge < -0.3 is 20.1 Å². The summed E-state index contributed by atoms with van der Waals surface area (Å²) in [6, 6.07) is 12.9. The number of nitrogens with zero attached hydrogens (tertiary/aromatic N) is 2. The zero-order valence-corrected chi connectivity index (χ0v) is 17.6. The van der Waals surface area contributed by atoms with Crippen LogP contribution in [0.5, 0.6) is 5.75 Å². The van der Waals surface area contributed by atoms with E-state index in [4.69, 9.17) is 14.7 Å². The van der Waals surface area contributed by atoms with Crippen molar-refractivity contribution in [3.8, 4) is 11.8 Å². The Morgan fingerprint density at radius 3 is 2.56 bits per heavy atom. The lowest BCUT2D eigenvalue weighted by molar-refractivity contribution is -0.118. The molecule has 2 N–H and O–H groups in total. The van der Waals surface area contributed by atoms with Crippen molar-refractivity contribution < 1.29 is 23.5 Å². The Hall–Kier alpha value is -3.48. The van der Waals surface area contributed by atoms with E-state index in [-0.39, 0.29) is 24.6 Å². The van der Waals surface area contributed by atoms with E-state index < -0.39 is 11.7 Å². The zero-order chi connectivity index (χ0) is 22.8. The van der Waals surface area contributed by atoms with Crippen molar-refractivity contribution >= 4 is 23.2 Å². The van der Waals surface area contributed by atoms with Crippen LogP contribution in [0.3, 0.4) is 0 Å². The number of nitrogens with one attached hydrogen (secondary N) is 2. The summed E-state index contributed by atoms with van der Waals surface area (Å²) in [6.45, 7) is 3.17. The van der Waals surface area contributed by atoms with E-state index in [9.17, 15) is 14.0 Å². The van der Waals surface area contributed by atoms with Crippen LogP contribution >= 0.6 is 0 Å². The summed E-state index contributed by atoms with van der Waals surface area (Å²) in [5, 5.41) is 13.9. The molecule has 2 amide bonds. The lowest BCUT2D eigenvalue weighted by atomic mass is 10.2.